The molecule has 2 aromatic carbocycles. The number of nitrogens with zero attached hydrogens (tertiary/aromatic N) is 2. The number of carbonyl (C=O) groups is 2. The first kappa shape index (κ1) is 19.4. The molecule has 1 N–H and O–H groups in total. The second-order valence-corrected chi connectivity index (χ2v) is 6.85. The van der Waals surface area contributed by atoms with Crippen LogP contribution < -0.4 is 5.32 Å². The Kier molecular flexibility index (Phi) is 6.59. The number of nitriles is 1. The van der Waals surface area contributed by atoms with Gasteiger partial charge in [0.15, 0.2) is 0 Å². The van der Waals surface area contributed by atoms with Crippen LogP contribution in [0.3, 0.4) is 0 Å². The van der Waals surface area contributed by atoms with Crippen molar-refractivity contribution in [3.05, 3.63) is 77.4 Å². The lowest BCUT2D eigenvalue weighted by atomic mass is 10.0. The smallest absolute Gasteiger partial charge is 0.245 e. The molecule has 1 saturated heterocycles. The average molecular weight is 373 g/mol. The summed E-state index contributed by atoms with van der Waals surface area (Å²) in [5.41, 5.74) is 2.40. The fourth-order valence-electron chi connectivity index (χ4n) is 3.27. The van der Waals surface area contributed by atoms with Crippen LogP contribution in [-0.2, 0) is 16.0 Å². The highest BCUT2D eigenvalue weighted by Crippen LogP contribution is 2.12. The van der Waals surface area contributed by atoms with Crippen molar-refractivity contribution in [3.8, 4) is 6.07 Å². The minimum atomic E-state index is -0.585. The minimum absolute atomic E-state index is 0.0264. The van der Waals surface area contributed by atoms with Gasteiger partial charge >= 0.3 is 0 Å². The van der Waals surface area contributed by atoms with Crippen molar-refractivity contribution in [2.24, 2.45) is 0 Å². The van der Waals surface area contributed by atoms with Crippen LogP contribution in [0.5, 0.6) is 0 Å². The molecule has 1 atom stereocenters. The summed E-state index contributed by atoms with van der Waals surface area (Å²) in [7, 11) is 0. The molecule has 3 rings (SSSR count). The Balaban J connectivity index is 1.68. The van der Waals surface area contributed by atoms with Gasteiger partial charge in [-0.3, -0.25) is 9.59 Å². The highest BCUT2D eigenvalue weighted by molar-refractivity contribution is 5.95. The van der Waals surface area contributed by atoms with Crippen molar-refractivity contribution in [3.63, 3.8) is 0 Å². The minimum Gasteiger partial charge on any atom is -0.341 e. The summed E-state index contributed by atoms with van der Waals surface area (Å²) in [5.74, 6) is -0.334. The molecule has 1 fully saturated rings. The molecule has 0 radical (unpaired) electrons. The summed E-state index contributed by atoms with van der Waals surface area (Å²) in [6.45, 7) is 1.50. The predicted molar refractivity (Wildman–Crippen MR) is 108 cm³/mol. The molecule has 5 nitrogen and oxygen atoms in total. The molecule has 0 spiro atoms. The molecule has 2 amide bonds. The van der Waals surface area contributed by atoms with E-state index in [0.29, 0.717) is 12.0 Å². The molecular weight excluding hydrogens is 350 g/mol. The number of nitrogens with one attached hydrogen (secondary N) is 1. The summed E-state index contributed by atoms with van der Waals surface area (Å²) in [6, 6.07) is 18.1. The third-order valence-corrected chi connectivity index (χ3v) is 4.78. The van der Waals surface area contributed by atoms with Gasteiger partial charge in [-0.1, -0.05) is 42.5 Å². The van der Waals surface area contributed by atoms with Gasteiger partial charge in [0.2, 0.25) is 11.8 Å². The number of hydrogen-bond acceptors (Lipinski definition) is 3. The second kappa shape index (κ2) is 9.52. The zero-order valence-electron chi connectivity index (χ0n) is 15.7. The quantitative estimate of drug-likeness (QED) is 0.791. The molecule has 0 aromatic heterocycles. The standard InChI is InChI=1S/C23H23N3O2/c24-17-20-10-8-18(9-11-20)12-13-22(27)25-21(16-19-6-2-1-3-7-19)23(28)26-14-4-5-15-26/h1-3,6-13,21H,4-5,14-16H2,(H,25,27)/b13-12+/t21-/m1/s1. The van der Waals surface area contributed by atoms with Gasteiger partial charge in [0.1, 0.15) is 6.04 Å². The van der Waals surface area contributed by atoms with Crippen LogP contribution in [0.4, 0.5) is 0 Å². The molecule has 0 aliphatic carbocycles. The van der Waals surface area contributed by atoms with E-state index in [1.807, 2.05) is 35.2 Å². The van der Waals surface area contributed by atoms with Crippen molar-refractivity contribution in [1.82, 2.24) is 10.2 Å². The van der Waals surface area contributed by atoms with Gasteiger partial charge in [-0.05, 0) is 42.2 Å². The number of likely N-dealkylation sites (tertiary alicyclic amines) is 1. The van der Waals surface area contributed by atoms with Crippen LogP contribution in [0.15, 0.2) is 60.7 Å². The highest BCUT2D eigenvalue weighted by Gasteiger charge is 2.27. The maximum absolute atomic E-state index is 12.9. The summed E-state index contributed by atoms with van der Waals surface area (Å²) in [4.78, 5) is 27.2. The molecule has 5 heteroatoms. The number of hydrogen-bond donors (Lipinski definition) is 1. The molecule has 1 heterocycles. The first-order valence-corrected chi connectivity index (χ1v) is 9.47. The second-order valence-electron chi connectivity index (χ2n) is 6.85. The Hall–Kier alpha value is -3.39. The van der Waals surface area contributed by atoms with Gasteiger partial charge in [0.25, 0.3) is 0 Å². The van der Waals surface area contributed by atoms with E-state index < -0.39 is 6.04 Å². The van der Waals surface area contributed by atoms with E-state index in [2.05, 4.69) is 11.4 Å². The lowest BCUT2D eigenvalue weighted by Crippen LogP contribution is -2.48. The van der Waals surface area contributed by atoms with Crippen LogP contribution in [-0.4, -0.2) is 35.8 Å². The first-order chi connectivity index (χ1) is 13.7. The Morgan fingerprint density at radius 1 is 1.07 bits per heavy atom. The van der Waals surface area contributed by atoms with Crippen LogP contribution in [0, 0.1) is 11.3 Å². The van der Waals surface area contributed by atoms with Gasteiger partial charge in [-0.25, -0.2) is 0 Å². The fraction of sp³-hybridized carbons (Fsp3) is 0.261. The van der Waals surface area contributed by atoms with E-state index in [1.165, 1.54) is 6.08 Å². The number of benzene rings is 2. The predicted octanol–water partition coefficient (Wildman–Crippen LogP) is 2.92. The van der Waals surface area contributed by atoms with E-state index in [-0.39, 0.29) is 11.8 Å². The summed E-state index contributed by atoms with van der Waals surface area (Å²) in [5, 5.41) is 11.7. The van der Waals surface area contributed by atoms with E-state index in [9.17, 15) is 9.59 Å². The molecular formula is C23H23N3O2. The monoisotopic (exact) mass is 373 g/mol. The van der Waals surface area contributed by atoms with E-state index in [0.717, 1.165) is 37.1 Å². The largest absolute Gasteiger partial charge is 0.341 e. The average Bonchev–Trinajstić information content (AvgIpc) is 3.27. The zero-order chi connectivity index (χ0) is 19.8. The molecule has 0 saturated carbocycles. The van der Waals surface area contributed by atoms with Crippen molar-refractivity contribution in [2.75, 3.05) is 13.1 Å². The normalized spacial score (nSPS) is 14.6. The van der Waals surface area contributed by atoms with Crippen molar-refractivity contribution < 1.29 is 9.59 Å². The van der Waals surface area contributed by atoms with E-state index in [4.69, 9.17) is 5.26 Å². The lowest BCUT2D eigenvalue weighted by molar-refractivity contribution is -0.134. The zero-order valence-corrected chi connectivity index (χ0v) is 15.7. The maximum Gasteiger partial charge on any atom is 0.245 e. The van der Waals surface area contributed by atoms with Gasteiger partial charge < -0.3 is 10.2 Å². The molecule has 1 aliphatic rings. The molecule has 0 bridgehead atoms. The van der Waals surface area contributed by atoms with Gasteiger partial charge in [0.05, 0.1) is 11.6 Å². The summed E-state index contributed by atoms with van der Waals surface area (Å²) < 4.78 is 0. The Morgan fingerprint density at radius 3 is 2.39 bits per heavy atom. The van der Waals surface area contributed by atoms with Crippen LogP contribution in [0.25, 0.3) is 6.08 Å². The first-order valence-electron chi connectivity index (χ1n) is 9.47. The van der Waals surface area contributed by atoms with Crippen LogP contribution in [0.2, 0.25) is 0 Å². The number of rotatable bonds is 6. The number of amides is 2. The number of carbonyl (C=O) groups excluding carboxylic acids is 2. The van der Waals surface area contributed by atoms with E-state index in [1.54, 1.807) is 30.3 Å². The Labute approximate surface area is 165 Å². The SMILES string of the molecule is N#Cc1ccc(/C=C/C(=O)N[C@H](Cc2ccccc2)C(=O)N2CCCC2)cc1. The lowest BCUT2D eigenvalue weighted by Gasteiger charge is -2.23. The Morgan fingerprint density at radius 2 is 1.75 bits per heavy atom. The third-order valence-electron chi connectivity index (χ3n) is 4.78. The highest BCUT2D eigenvalue weighted by atomic mass is 16.2. The maximum atomic E-state index is 12.9. The Bertz CT molecular complexity index is 876. The molecule has 28 heavy (non-hydrogen) atoms. The van der Waals surface area contributed by atoms with E-state index >= 15 is 0 Å². The van der Waals surface area contributed by atoms with Crippen molar-refractivity contribution in [1.29, 1.82) is 5.26 Å². The van der Waals surface area contributed by atoms with Crippen LogP contribution >= 0.6 is 0 Å². The van der Waals surface area contributed by atoms with Gasteiger partial charge in [-0.15, -0.1) is 0 Å². The van der Waals surface area contributed by atoms with Gasteiger partial charge in [-0.2, -0.15) is 5.26 Å². The topological polar surface area (TPSA) is 73.2 Å². The molecule has 142 valence electrons. The summed E-state index contributed by atoms with van der Waals surface area (Å²) >= 11 is 0. The molecule has 0 unspecified atom stereocenters. The van der Waals surface area contributed by atoms with Crippen molar-refractivity contribution >= 4 is 17.9 Å². The molecule has 2 aromatic rings. The third kappa shape index (κ3) is 5.31. The van der Waals surface area contributed by atoms with Crippen molar-refractivity contribution in [2.45, 2.75) is 25.3 Å². The summed E-state index contributed by atoms with van der Waals surface area (Å²) in [6.07, 6.45) is 5.59. The fourth-order valence-corrected chi connectivity index (χ4v) is 3.27. The molecule has 1 aliphatic heterocycles. The van der Waals surface area contributed by atoms with Gasteiger partial charge in [0, 0.05) is 25.6 Å². The van der Waals surface area contributed by atoms with Crippen LogP contribution in [0.1, 0.15) is 29.5 Å².